The van der Waals surface area contributed by atoms with Gasteiger partial charge < -0.3 is 9.13 Å². The van der Waals surface area contributed by atoms with Crippen LogP contribution in [0.25, 0.3) is 0 Å². The average molecular weight is 658 g/mol. The Balaban J connectivity index is 0.000000209. The molecule has 4 aromatic rings. The summed E-state index contributed by atoms with van der Waals surface area (Å²) in [6.45, 7) is 4.08. The molecule has 0 atom stereocenters. The van der Waals surface area contributed by atoms with Gasteiger partial charge in [-0.1, -0.05) is 35.4 Å². The van der Waals surface area contributed by atoms with Gasteiger partial charge in [0.15, 0.2) is 0 Å². The second-order valence-corrected chi connectivity index (χ2v) is 10.7. The van der Waals surface area contributed by atoms with Crippen LogP contribution in [0.1, 0.15) is 11.1 Å². The molecule has 0 fully saturated rings. The van der Waals surface area contributed by atoms with Gasteiger partial charge in [0.05, 0.1) is 11.4 Å². The van der Waals surface area contributed by atoms with Crippen LogP contribution in [0.2, 0.25) is 0 Å². The van der Waals surface area contributed by atoms with E-state index in [-0.39, 0.29) is 0 Å². The van der Waals surface area contributed by atoms with Gasteiger partial charge >= 0.3 is 35.0 Å². The van der Waals surface area contributed by atoms with E-state index in [1.807, 2.05) is 98.0 Å². The van der Waals surface area contributed by atoms with E-state index in [1.165, 1.54) is 11.1 Å². The van der Waals surface area contributed by atoms with Crippen molar-refractivity contribution in [3.05, 3.63) is 84.4 Å². The number of aromatic nitrogens is 4. The van der Waals surface area contributed by atoms with Gasteiger partial charge in [-0.25, -0.2) is 9.97 Å². The Morgan fingerprint density at radius 3 is 1.24 bits per heavy atom. The van der Waals surface area contributed by atoms with Crippen LogP contribution in [0.5, 0.6) is 0 Å². The van der Waals surface area contributed by atoms with Gasteiger partial charge in [0.2, 0.25) is 11.9 Å². The normalized spacial score (nSPS) is 10.6. The maximum atomic E-state index is 4.92. The molecule has 33 heavy (non-hydrogen) atoms. The Bertz CT molecular complexity index is 1060. The Labute approximate surface area is 209 Å². The van der Waals surface area contributed by atoms with E-state index < -0.39 is 15.9 Å². The molecule has 2 aromatic carbocycles. The van der Waals surface area contributed by atoms with E-state index in [1.54, 1.807) is 12.4 Å². The predicted molar refractivity (Wildman–Crippen MR) is 129 cm³/mol. The molecule has 8 nitrogen and oxygen atoms in total. The van der Waals surface area contributed by atoms with Crippen molar-refractivity contribution in [2.75, 3.05) is 0 Å². The van der Waals surface area contributed by atoms with E-state index in [9.17, 15) is 0 Å². The molecule has 0 saturated carbocycles. The fourth-order valence-electron chi connectivity index (χ4n) is 2.34. The van der Waals surface area contributed by atoms with E-state index in [2.05, 4.69) is 30.4 Å². The summed E-state index contributed by atoms with van der Waals surface area (Å²) in [5, 5.41) is 16.3. The third-order valence-electron chi connectivity index (χ3n) is 4.17. The molecule has 0 bridgehead atoms. The number of rotatable bonds is 4. The summed E-state index contributed by atoms with van der Waals surface area (Å²) >= 11 is -0.722. The first-order chi connectivity index (χ1) is 15.9. The zero-order valence-electron chi connectivity index (χ0n) is 18.6. The van der Waals surface area contributed by atoms with Crippen LogP contribution < -0.4 is 0 Å². The van der Waals surface area contributed by atoms with Crippen LogP contribution in [0.4, 0.5) is 23.3 Å². The van der Waals surface area contributed by atoms with Crippen LogP contribution in [0, 0.1) is 13.8 Å². The van der Waals surface area contributed by atoms with Crippen molar-refractivity contribution in [2.45, 2.75) is 13.8 Å². The number of azo groups is 2. The summed E-state index contributed by atoms with van der Waals surface area (Å²) < 4.78 is 3.63. The fraction of sp³-hybridized carbons (Fsp3) is 0.182. The van der Waals surface area contributed by atoms with E-state index >= 15 is 0 Å². The summed E-state index contributed by atoms with van der Waals surface area (Å²) in [6, 6.07) is 15.8. The number of aryl methyl sites for hydroxylation is 4. The third-order valence-corrected chi connectivity index (χ3v) is 4.17. The first-order valence-electron chi connectivity index (χ1n) is 9.71. The van der Waals surface area contributed by atoms with Gasteiger partial charge in [-0.15, -0.1) is 20.5 Å². The van der Waals surface area contributed by atoms with Gasteiger partial charge in [-0.3, -0.25) is 0 Å². The molecule has 2 heterocycles. The fourth-order valence-corrected chi connectivity index (χ4v) is 2.34. The Kier molecular flexibility index (Phi) is 11.6. The van der Waals surface area contributed by atoms with Gasteiger partial charge in [0.1, 0.15) is 0 Å². The molecule has 2 aromatic heterocycles. The van der Waals surface area contributed by atoms with Crippen LogP contribution in [-0.2, 0) is 30.0 Å². The summed E-state index contributed by atoms with van der Waals surface area (Å²) in [6.07, 6.45) is 7.07. The van der Waals surface area contributed by atoms with Gasteiger partial charge in [-0.05, 0) is 38.1 Å². The van der Waals surface area contributed by atoms with E-state index in [0.717, 1.165) is 11.4 Å². The standard InChI is InChI=1S/2C11H12N4.2ClH.Re/c2*1-9-3-5-10(6-4-9)13-14-11-12-7-8-15(11)2;;;/h2*3-8H,1-2H3;2*1H;/q;;;;+2/p-2. The van der Waals surface area contributed by atoms with Crippen LogP contribution >= 0.6 is 19.1 Å². The monoisotopic (exact) mass is 657 g/mol. The van der Waals surface area contributed by atoms with Crippen molar-refractivity contribution in [2.24, 2.45) is 34.6 Å². The molecule has 0 saturated heterocycles. The molecule has 0 aliphatic rings. The zero-order chi connectivity index (χ0) is 24.1. The molecule has 0 unspecified atom stereocenters. The quantitative estimate of drug-likeness (QED) is 0.211. The molecule has 11 heteroatoms. The average Bonchev–Trinajstić information content (AvgIpc) is 3.41. The topological polar surface area (TPSA) is 85.1 Å². The zero-order valence-corrected chi connectivity index (χ0v) is 22.9. The van der Waals surface area contributed by atoms with E-state index in [0.29, 0.717) is 11.9 Å². The van der Waals surface area contributed by atoms with Crippen LogP contribution in [-0.4, -0.2) is 19.1 Å². The summed E-state index contributed by atoms with van der Waals surface area (Å²) in [7, 11) is 13.6. The number of hydrogen-bond donors (Lipinski definition) is 0. The molecule has 4 rings (SSSR count). The molecule has 173 valence electrons. The Morgan fingerprint density at radius 2 is 0.970 bits per heavy atom. The molecular weight excluding hydrogens is 633 g/mol. The SMILES string of the molecule is Cc1ccc(N=Nc2nccn2C)cc1.Cc1ccc(N=Nc2nccn2C)cc1.[Cl][Re][Cl]. The number of hydrogen-bond acceptors (Lipinski definition) is 6. The van der Waals surface area contributed by atoms with Crippen molar-refractivity contribution in [3.63, 3.8) is 0 Å². The number of benzene rings is 2. The maximum absolute atomic E-state index is 4.92. The summed E-state index contributed by atoms with van der Waals surface area (Å²) in [5.41, 5.74) is 4.10. The van der Waals surface area contributed by atoms with Gasteiger partial charge in [0.25, 0.3) is 0 Å². The summed E-state index contributed by atoms with van der Waals surface area (Å²) in [5.74, 6) is 1.21. The van der Waals surface area contributed by atoms with Crippen molar-refractivity contribution < 1.29 is 15.9 Å². The predicted octanol–water partition coefficient (Wildman–Crippen LogP) is 7.66. The second kappa shape index (κ2) is 14.5. The molecule has 0 aliphatic heterocycles. The number of imidazole rings is 2. The Hall–Kier alpha value is -2.70. The van der Waals surface area contributed by atoms with E-state index in [4.69, 9.17) is 19.1 Å². The first kappa shape index (κ1) is 26.6. The van der Waals surface area contributed by atoms with Crippen molar-refractivity contribution >= 4 is 42.3 Å². The van der Waals surface area contributed by atoms with Crippen molar-refractivity contribution in [1.29, 1.82) is 0 Å². The molecular formula is C22H24Cl2N8Re. The van der Waals surface area contributed by atoms with Gasteiger partial charge in [0, 0.05) is 38.9 Å². The number of halogens is 2. The molecule has 0 amide bonds. The van der Waals surface area contributed by atoms with Crippen molar-refractivity contribution in [1.82, 2.24) is 19.1 Å². The van der Waals surface area contributed by atoms with Crippen LogP contribution in [0.3, 0.4) is 0 Å². The first-order valence-corrected chi connectivity index (χ1v) is 16.4. The van der Waals surface area contributed by atoms with Crippen LogP contribution in [0.15, 0.2) is 93.8 Å². The molecule has 0 N–H and O–H groups in total. The molecule has 0 spiro atoms. The Morgan fingerprint density at radius 1 is 0.636 bits per heavy atom. The summed E-state index contributed by atoms with van der Waals surface area (Å²) in [4.78, 5) is 8.10. The van der Waals surface area contributed by atoms with Crippen molar-refractivity contribution in [3.8, 4) is 0 Å². The second-order valence-electron chi connectivity index (χ2n) is 6.80. The number of nitrogens with zero attached hydrogens (tertiary/aromatic N) is 8. The molecule has 0 radical (unpaired) electrons. The minimum atomic E-state index is -0.722. The van der Waals surface area contributed by atoms with Gasteiger partial charge in [-0.2, -0.15) is 0 Å². The minimum absolute atomic E-state index is 0.607. The third kappa shape index (κ3) is 9.76. The molecule has 0 aliphatic carbocycles.